The van der Waals surface area contributed by atoms with Gasteiger partial charge in [0.25, 0.3) is 0 Å². The average molecular weight is 208 g/mol. The van der Waals surface area contributed by atoms with Crippen molar-refractivity contribution in [1.82, 2.24) is 10.2 Å². The highest BCUT2D eigenvalue weighted by Crippen LogP contribution is 2.24. The van der Waals surface area contributed by atoms with Crippen LogP contribution in [0.2, 0.25) is 0 Å². The molecule has 1 aliphatic rings. The Hall–Kier alpha value is -0.800. The second kappa shape index (κ2) is 4.81. The maximum absolute atomic E-state index is 5.48. The molecule has 1 aliphatic heterocycles. The van der Waals surface area contributed by atoms with Crippen LogP contribution >= 0.6 is 0 Å². The van der Waals surface area contributed by atoms with Crippen LogP contribution < -0.4 is 5.32 Å². The molecule has 1 fully saturated rings. The first-order chi connectivity index (χ1) is 7.33. The van der Waals surface area contributed by atoms with Gasteiger partial charge in [-0.25, -0.2) is 0 Å². The first-order valence-electron chi connectivity index (χ1n) is 5.82. The molecule has 0 radical (unpaired) electrons. The highest BCUT2D eigenvalue weighted by Gasteiger charge is 2.26. The predicted octanol–water partition coefficient (Wildman–Crippen LogP) is 2.02. The van der Waals surface area contributed by atoms with Crippen molar-refractivity contribution < 1.29 is 4.42 Å². The van der Waals surface area contributed by atoms with Crippen molar-refractivity contribution in [3.63, 3.8) is 0 Å². The fraction of sp³-hybridized carbons (Fsp3) is 0.667. The van der Waals surface area contributed by atoms with E-state index in [1.165, 1.54) is 6.42 Å². The second-order valence-corrected chi connectivity index (χ2v) is 4.17. The summed E-state index contributed by atoms with van der Waals surface area (Å²) in [5, 5.41) is 3.42. The summed E-state index contributed by atoms with van der Waals surface area (Å²) >= 11 is 0. The van der Waals surface area contributed by atoms with E-state index in [9.17, 15) is 0 Å². The molecule has 0 bridgehead atoms. The standard InChI is InChI=1S/C12H20N2O/c1-3-14(11-6-7-13-9-11)10(2)12-5-4-8-15-12/h4-5,8,10-11,13H,3,6-7,9H2,1-2H3. The van der Waals surface area contributed by atoms with Gasteiger partial charge in [-0.2, -0.15) is 0 Å². The van der Waals surface area contributed by atoms with Gasteiger partial charge < -0.3 is 9.73 Å². The first-order valence-corrected chi connectivity index (χ1v) is 5.82. The summed E-state index contributed by atoms with van der Waals surface area (Å²) < 4.78 is 5.48. The van der Waals surface area contributed by atoms with E-state index in [-0.39, 0.29) is 0 Å². The smallest absolute Gasteiger partial charge is 0.120 e. The molecule has 1 saturated heterocycles. The van der Waals surface area contributed by atoms with Crippen molar-refractivity contribution in [2.45, 2.75) is 32.4 Å². The molecule has 1 aromatic rings. The van der Waals surface area contributed by atoms with E-state index >= 15 is 0 Å². The van der Waals surface area contributed by atoms with Crippen LogP contribution in [0.3, 0.4) is 0 Å². The second-order valence-electron chi connectivity index (χ2n) is 4.17. The van der Waals surface area contributed by atoms with Gasteiger partial charge in [0.05, 0.1) is 12.3 Å². The van der Waals surface area contributed by atoms with E-state index in [1.807, 2.05) is 6.07 Å². The van der Waals surface area contributed by atoms with E-state index in [0.29, 0.717) is 12.1 Å². The Morgan fingerprint density at radius 2 is 2.53 bits per heavy atom. The third kappa shape index (κ3) is 2.24. The van der Waals surface area contributed by atoms with Gasteiger partial charge in [0.15, 0.2) is 0 Å². The molecular weight excluding hydrogens is 188 g/mol. The number of nitrogens with zero attached hydrogens (tertiary/aromatic N) is 1. The summed E-state index contributed by atoms with van der Waals surface area (Å²) in [7, 11) is 0. The zero-order valence-corrected chi connectivity index (χ0v) is 9.57. The molecule has 2 atom stereocenters. The maximum Gasteiger partial charge on any atom is 0.120 e. The van der Waals surface area contributed by atoms with Crippen LogP contribution in [0.25, 0.3) is 0 Å². The largest absolute Gasteiger partial charge is 0.468 e. The molecule has 2 rings (SSSR count). The van der Waals surface area contributed by atoms with E-state index in [2.05, 4.69) is 30.1 Å². The molecule has 1 N–H and O–H groups in total. The van der Waals surface area contributed by atoms with Gasteiger partial charge in [-0.05, 0) is 38.6 Å². The third-order valence-electron chi connectivity index (χ3n) is 3.32. The van der Waals surface area contributed by atoms with Crippen molar-refractivity contribution in [3.05, 3.63) is 24.2 Å². The summed E-state index contributed by atoms with van der Waals surface area (Å²) in [4.78, 5) is 2.51. The van der Waals surface area contributed by atoms with E-state index in [0.717, 1.165) is 25.4 Å². The number of hydrogen-bond donors (Lipinski definition) is 1. The highest BCUT2D eigenvalue weighted by molar-refractivity contribution is 5.04. The fourth-order valence-electron chi connectivity index (χ4n) is 2.46. The summed E-state index contributed by atoms with van der Waals surface area (Å²) in [5.41, 5.74) is 0. The van der Waals surface area contributed by atoms with Gasteiger partial charge in [-0.1, -0.05) is 6.92 Å². The van der Waals surface area contributed by atoms with Gasteiger partial charge in [-0.15, -0.1) is 0 Å². The van der Waals surface area contributed by atoms with Gasteiger partial charge in [0.2, 0.25) is 0 Å². The molecule has 3 nitrogen and oxygen atoms in total. The molecule has 3 heteroatoms. The number of nitrogens with one attached hydrogen (secondary N) is 1. The molecule has 15 heavy (non-hydrogen) atoms. The van der Waals surface area contributed by atoms with Crippen LogP contribution in [0.1, 0.15) is 32.1 Å². The zero-order valence-electron chi connectivity index (χ0n) is 9.57. The Balaban J connectivity index is 2.05. The minimum absolute atomic E-state index is 0.384. The van der Waals surface area contributed by atoms with E-state index in [1.54, 1.807) is 6.26 Å². The lowest BCUT2D eigenvalue weighted by atomic mass is 10.1. The highest BCUT2D eigenvalue weighted by atomic mass is 16.3. The SMILES string of the molecule is CCN(C1CCNC1)C(C)c1ccco1. The van der Waals surface area contributed by atoms with Gasteiger partial charge in [-0.3, -0.25) is 4.90 Å². The lowest BCUT2D eigenvalue weighted by Crippen LogP contribution is -2.38. The normalized spacial score (nSPS) is 23.5. The van der Waals surface area contributed by atoms with Crippen molar-refractivity contribution in [2.75, 3.05) is 19.6 Å². The molecule has 0 amide bonds. The summed E-state index contributed by atoms with van der Waals surface area (Å²) in [5.74, 6) is 1.07. The van der Waals surface area contributed by atoms with Gasteiger partial charge >= 0.3 is 0 Å². The first kappa shape index (κ1) is 10.7. The number of likely N-dealkylation sites (N-methyl/N-ethyl adjacent to an activating group) is 1. The number of hydrogen-bond acceptors (Lipinski definition) is 3. The summed E-state index contributed by atoms with van der Waals surface area (Å²) in [6.07, 6.45) is 3.01. The van der Waals surface area contributed by atoms with Crippen molar-refractivity contribution in [1.29, 1.82) is 0 Å². The predicted molar refractivity (Wildman–Crippen MR) is 60.8 cm³/mol. The molecular formula is C12H20N2O. The number of furan rings is 1. The zero-order chi connectivity index (χ0) is 10.7. The van der Waals surface area contributed by atoms with Crippen LogP contribution in [0.4, 0.5) is 0 Å². The molecule has 0 saturated carbocycles. The molecule has 2 unspecified atom stereocenters. The van der Waals surface area contributed by atoms with E-state index in [4.69, 9.17) is 4.42 Å². The van der Waals surface area contributed by atoms with Crippen LogP contribution in [0, 0.1) is 0 Å². The minimum atomic E-state index is 0.384. The lowest BCUT2D eigenvalue weighted by molar-refractivity contribution is 0.145. The Morgan fingerprint density at radius 1 is 1.67 bits per heavy atom. The number of rotatable bonds is 4. The molecule has 0 spiro atoms. The van der Waals surface area contributed by atoms with E-state index < -0.39 is 0 Å². The molecule has 2 heterocycles. The van der Waals surface area contributed by atoms with Crippen LogP contribution in [0.15, 0.2) is 22.8 Å². The topological polar surface area (TPSA) is 28.4 Å². The van der Waals surface area contributed by atoms with Gasteiger partial charge in [0.1, 0.15) is 5.76 Å². The monoisotopic (exact) mass is 208 g/mol. The lowest BCUT2D eigenvalue weighted by Gasteiger charge is -2.31. The maximum atomic E-state index is 5.48. The summed E-state index contributed by atoms with van der Waals surface area (Å²) in [6.45, 7) is 7.78. The third-order valence-corrected chi connectivity index (χ3v) is 3.32. The quantitative estimate of drug-likeness (QED) is 0.820. The van der Waals surface area contributed by atoms with Crippen molar-refractivity contribution >= 4 is 0 Å². The van der Waals surface area contributed by atoms with Crippen molar-refractivity contribution in [2.24, 2.45) is 0 Å². The Bertz CT molecular complexity index is 278. The van der Waals surface area contributed by atoms with Crippen LogP contribution in [-0.4, -0.2) is 30.6 Å². The van der Waals surface area contributed by atoms with Crippen molar-refractivity contribution in [3.8, 4) is 0 Å². The molecule has 0 aliphatic carbocycles. The Morgan fingerprint density at radius 3 is 3.07 bits per heavy atom. The molecule has 1 aromatic heterocycles. The Kier molecular flexibility index (Phi) is 3.44. The fourth-order valence-corrected chi connectivity index (χ4v) is 2.46. The summed E-state index contributed by atoms with van der Waals surface area (Å²) in [6, 6.07) is 5.08. The van der Waals surface area contributed by atoms with Crippen LogP contribution in [-0.2, 0) is 0 Å². The average Bonchev–Trinajstić information content (AvgIpc) is 2.91. The molecule has 0 aromatic carbocycles. The minimum Gasteiger partial charge on any atom is -0.468 e. The van der Waals surface area contributed by atoms with Crippen LogP contribution in [0.5, 0.6) is 0 Å². The Labute approximate surface area is 91.4 Å². The molecule has 84 valence electrons. The van der Waals surface area contributed by atoms with Gasteiger partial charge in [0, 0.05) is 12.6 Å².